The van der Waals surface area contributed by atoms with Crippen LogP contribution in [0.3, 0.4) is 0 Å². The molecule has 0 spiro atoms. The predicted molar refractivity (Wildman–Crippen MR) is 65.2 cm³/mol. The highest BCUT2D eigenvalue weighted by molar-refractivity contribution is 5.94. The van der Waals surface area contributed by atoms with Gasteiger partial charge < -0.3 is 4.42 Å². The Morgan fingerprint density at radius 1 is 1.18 bits per heavy atom. The van der Waals surface area contributed by atoms with Gasteiger partial charge >= 0.3 is 0 Å². The Kier molecular flexibility index (Phi) is 2.91. The Hall–Kier alpha value is -2.16. The molecular weight excluding hydrogens is 216 g/mol. The molecule has 1 aromatic heterocycles. The molecule has 3 heteroatoms. The van der Waals surface area contributed by atoms with Gasteiger partial charge in [0.2, 0.25) is 0 Å². The number of hydrogen-bond donors (Lipinski definition) is 0. The summed E-state index contributed by atoms with van der Waals surface area (Å²) in [7, 11) is 0. The van der Waals surface area contributed by atoms with Crippen molar-refractivity contribution < 1.29 is 9.21 Å². The Morgan fingerprint density at radius 2 is 1.82 bits per heavy atom. The van der Waals surface area contributed by atoms with E-state index in [1.165, 1.54) is 13.0 Å². The van der Waals surface area contributed by atoms with Crippen molar-refractivity contribution in [3.05, 3.63) is 57.9 Å². The third-order valence-electron chi connectivity index (χ3n) is 2.53. The maximum absolute atomic E-state index is 11.8. The molecule has 0 radical (unpaired) electrons. The molecule has 0 saturated heterocycles. The molecule has 0 amide bonds. The second kappa shape index (κ2) is 4.37. The van der Waals surface area contributed by atoms with Crippen molar-refractivity contribution >= 4 is 5.78 Å². The zero-order chi connectivity index (χ0) is 12.4. The molecule has 1 aromatic carbocycles. The van der Waals surface area contributed by atoms with Crippen molar-refractivity contribution in [3.63, 3.8) is 0 Å². The molecule has 2 aromatic rings. The molecule has 0 aliphatic heterocycles. The lowest BCUT2D eigenvalue weighted by Gasteiger charge is -2.04. The first-order valence-corrected chi connectivity index (χ1v) is 5.30. The van der Waals surface area contributed by atoms with E-state index in [1.807, 2.05) is 30.3 Å². The fourth-order valence-corrected chi connectivity index (χ4v) is 1.78. The summed E-state index contributed by atoms with van der Waals surface area (Å²) in [6.07, 6.45) is 0. The van der Waals surface area contributed by atoms with Gasteiger partial charge in [0.1, 0.15) is 17.1 Å². The summed E-state index contributed by atoms with van der Waals surface area (Å²) in [5.74, 6) is 0.581. The molecule has 1 heterocycles. The first kappa shape index (κ1) is 11.3. The van der Waals surface area contributed by atoms with Gasteiger partial charge in [0.05, 0.1) is 0 Å². The van der Waals surface area contributed by atoms with Crippen molar-refractivity contribution in [2.45, 2.75) is 13.8 Å². The Labute approximate surface area is 98.7 Å². The molecule has 0 unspecified atom stereocenters. The van der Waals surface area contributed by atoms with Crippen molar-refractivity contribution in [1.82, 2.24) is 0 Å². The van der Waals surface area contributed by atoms with E-state index >= 15 is 0 Å². The average molecular weight is 228 g/mol. The van der Waals surface area contributed by atoms with Crippen LogP contribution < -0.4 is 5.43 Å². The number of Topliss-reactive ketones (excluding diaryl/α,β-unsaturated/α-hetero) is 1. The molecule has 3 nitrogen and oxygen atoms in total. The Morgan fingerprint density at radius 3 is 2.35 bits per heavy atom. The van der Waals surface area contributed by atoms with Crippen LogP contribution in [0.4, 0.5) is 0 Å². The molecule has 0 aliphatic rings. The number of carbonyl (C=O) groups is 1. The van der Waals surface area contributed by atoms with E-state index < -0.39 is 0 Å². The summed E-state index contributed by atoms with van der Waals surface area (Å²) < 4.78 is 5.52. The zero-order valence-corrected chi connectivity index (χ0v) is 9.69. The fourth-order valence-electron chi connectivity index (χ4n) is 1.78. The van der Waals surface area contributed by atoms with Gasteiger partial charge in [0.15, 0.2) is 11.2 Å². The highest BCUT2D eigenvalue weighted by atomic mass is 16.3. The van der Waals surface area contributed by atoms with Crippen LogP contribution in [0.2, 0.25) is 0 Å². The van der Waals surface area contributed by atoms with Gasteiger partial charge in [-0.15, -0.1) is 0 Å². The lowest BCUT2D eigenvalue weighted by Crippen LogP contribution is -2.14. The molecular formula is C14H12O3. The summed E-state index contributed by atoms with van der Waals surface area (Å²) in [4.78, 5) is 23.1. The molecule has 0 saturated carbocycles. The van der Waals surface area contributed by atoms with E-state index in [1.54, 1.807) is 6.92 Å². The van der Waals surface area contributed by atoms with Gasteiger partial charge in [-0.3, -0.25) is 9.59 Å². The third-order valence-corrected chi connectivity index (χ3v) is 2.53. The van der Waals surface area contributed by atoms with Crippen molar-refractivity contribution in [2.75, 3.05) is 0 Å². The first-order valence-electron chi connectivity index (χ1n) is 5.30. The van der Waals surface area contributed by atoms with Crippen LogP contribution in [-0.2, 0) is 0 Å². The number of ketones is 1. The fraction of sp³-hybridized carbons (Fsp3) is 0.143. The SMILES string of the molecule is CC(=O)c1c(C)oc(-c2ccccc2)cc1=O. The first-order chi connectivity index (χ1) is 8.09. The Balaban J connectivity index is 2.62. The van der Waals surface area contributed by atoms with E-state index in [-0.39, 0.29) is 16.8 Å². The highest BCUT2D eigenvalue weighted by Crippen LogP contribution is 2.19. The van der Waals surface area contributed by atoms with E-state index in [0.717, 1.165) is 5.56 Å². The number of benzene rings is 1. The standard InChI is InChI=1S/C14H12O3/c1-9(15)14-10(2)17-13(8-12(14)16)11-6-4-3-5-7-11/h3-8H,1-2H3. The van der Waals surface area contributed by atoms with Gasteiger partial charge in [0.25, 0.3) is 0 Å². The van der Waals surface area contributed by atoms with E-state index in [2.05, 4.69) is 0 Å². The Bertz CT molecular complexity index is 609. The quantitative estimate of drug-likeness (QED) is 0.742. The monoisotopic (exact) mass is 228 g/mol. The smallest absolute Gasteiger partial charge is 0.196 e. The maximum Gasteiger partial charge on any atom is 0.196 e. The number of aryl methyl sites for hydroxylation is 1. The lowest BCUT2D eigenvalue weighted by molar-refractivity contribution is 0.101. The van der Waals surface area contributed by atoms with Gasteiger partial charge in [0, 0.05) is 11.6 Å². The number of rotatable bonds is 2. The molecule has 0 atom stereocenters. The number of hydrogen-bond acceptors (Lipinski definition) is 3. The summed E-state index contributed by atoms with van der Waals surface area (Å²) in [6, 6.07) is 10.7. The van der Waals surface area contributed by atoms with Crippen LogP contribution >= 0.6 is 0 Å². The summed E-state index contributed by atoms with van der Waals surface area (Å²) in [6.45, 7) is 2.99. The van der Waals surface area contributed by atoms with Gasteiger partial charge in [-0.05, 0) is 13.8 Å². The topological polar surface area (TPSA) is 47.3 Å². The van der Waals surface area contributed by atoms with E-state index in [9.17, 15) is 9.59 Å². The highest BCUT2D eigenvalue weighted by Gasteiger charge is 2.13. The average Bonchev–Trinajstić information content (AvgIpc) is 2.28. The van der Waals surface area contributed by atoms with Crippen molar-refractivity contribution in [1.29, 1.82) is 0 Å². The lowest BCUT2D eigenvalue weighted by atomic mass is 10.1. The minimum Gasteiger partial charge on any atom is -0.460 e. The van der Waals surface area contributed by atoms with Crippen LogP contribution in [0.25, 0.3) is 11.3 Å². The minimum atomic E-state index is -0.292. The third kappa shape index (κ3) is 2.18. The van der Waals surface area contributed by atoms with Gasteiger partial charge in [-0.2, -0.15) is 0 Å². The van der Waals surface area contributed by atoms with Crippen molar-refractivity contribution in [2.24, 2.45) is 0 Å². The zero-order valence-electron chi connectivity index (χ0n) is 9.69. The maximum atomic E-state index is 11.8. The largest absolute Gasteiger partial charge is 0.460 e. The van der Waals surface area contributed by atoms with Crippen LogP contribution in [0.15, 0.2) is 45.6 Å². The van der Waals surface area contributed by atoms with Crippen LogP contribution in [0.1, 0.15) is 23.0 Å². The van der Waals surface area contributed by atoms with E-state index in [4.69, 9.17) is 4.42 Å². The van der Waals surface area contributed by atoms with E-state index in [0.29, 0.717) is 11.5 Å². The minimum absolute atomic E-state index is 0.129. The molecule has 0 aliphatic carbocycles. The molecule has 86 valence electrons. The molecule has 0 bridgehead atoms. The molecule has 0 fully saturated rings. The number of carbonyl (C=O) groups excluding carboxylic acids is 1. The van der Waals surface area contributed by atoms with Crippen molar-refractivity contribution in [3.8, 4) is 11.3 Å². The summed E-state index contributed by atoms with van der Waals surface area (Å²) in [5.41, 5.74) is 0.660. The molecule has 17 heavy (non-hydrogen) atoms. The summed E-state index contributed by atoms with van der Waals surface area (Å²) >= 11 is 0. The second-order valence-corrected chi connectivity index (χ2v) is 3.83. The second-order valence-electron chi connectivity index (χ2n) is 3.83. The van der Waals surface area contributed by atoms with Gasteiger partial charge in [-0.25, -0.2) is 0 Å². The molecule has 0 N–H and O–H groups in total. The van der Waals surface area contributed by atoms with Gasteiger partial charge in [-0.1, -0.05) is 30.3 Å². The predicted octanol–water partition coefficient (Wildman–Crippen LogP) is 2.82. The summed E-state index contributed by atoms with van der Waals surface area (Å²) in [5, 5.41) is 0. The van der Waals surface area contributed by atoms with Crippen LogP contribution in [0, 0.1) is 6.92 Å². The normalized spacial score (nSPS) is 10.2. The molecule has 2 rings (SSSR count). The van der Waals surface area contributed by atoms with Crippen LogP contribution in [0.5, 0.6) is 0 Å². The van der Waals surface area contributed by atoms with Crippen LogP contribution in [-0.4, -0.2) is 5.78 Å².